The van der Waals surface area contributed by atoms with Gasteiger partial charge >= 0.3 is 0 Å². The van der Waals surface area contributed by atoms with E-state index in [0.717, 1.165) is 10.5 Å². The molecule has 0 saturated heterocycles. The standard InChI is InChI=1S/C19H16ClNO3/c1-3-24-15-6-4-5-14(11-15)21-18(22)16(17(20)19(21)23)13-9-7-12(2)8-10-13/h4-11H,3H2,1-2H3. The summed E-state index contributed by atoms with van der Waals surface area (Å²) in [7, 11) is 0. The van der Waals surface area contributed by atoms with Crippen molar-refractivity contribution >= 4 is 34.7 Å². The van der Waals surface area contributed by atoms with Crippen molar-refractivity contribution < 1.29 is 14.3 Å². The van der Waals surface area contributed by atoms with E-state index in [-0.39, 0.29) is 10.6 Å². The third-order valence-electron chi connectivity index (χ3n) is 3.75. The fraction of sp³-hybridized carbons (Fsp3) is 0.158. The first-order valence-corrected chi connectivity index (χ1v) is 7.99. The highest BCUT2D eigenvalue weighted by Crippen LogP contribution is 2.35. The van der Waals surface area contributed by atoms with Gasteiger partial charge in [-0.3, -0.25) is 9.59 Å². The number of hydrogen-bond acceptors (Lipinski definition) is 3. The Bertz CT molecular complexity index is 840. The molecule has 0 radical (unpaired) electrons. The molecule has 1 aliphatic heterocycles. The van der Waals surface area contributed by atoms with Crippen LogP contribution in [-0.4, -0.2) is 18.4 Å². The van der Waals surface area contributed by atoms with Gasteiger partial charge in [-0.05, 0) is 31.5 Å². The molecule has 4 nitrogen and oxygen atoms in total. The summed E-state index contributed by atoms with van der Waals surface area (Å²) in [6.45, 7) is 4.32. The van der Waals surface area contributed by atoms with E-state index in [2.05, 4.69) is 0 Å². The Morgan fingerprint density at radius 2 is 1.75 bits per heavy atom. The number of carbonyl (C=O) groups excluding carboxylic acids is 2. The largest absolute Gasteiger partial charge is 0.494 e. The number of hydrogen-bond donors (Lipinski definition) is 0. The fourth-order valence-corrected chi connectivity index (χ4v) is 2.86. The fourth-order valence-electron chi connectivity index (χ4n) is 2.59. The zero-order chi connectivity index (χ0) is 17.3. The molecule has 0 fully saturated rings. The average Bonchev–Trinajstić information content (AvgIpc) is 2.79. The van der Waals surface area contributed by atoms with Gasteiger partial charge in [-0.15, -0.1) is 0 Å². The quantitative estimate of drug-likeness (QED) is 0.792. The molecule has 5 heteroatoms. The van der Waals surface area contributed by atoms with Crippen molar-refractivity contribution in [1.82, 2.24) is 0 Å². The Balaban J connectivity index is 1.99. The molecular weight excluding hydrogens is 326 g/mol. The molecule has 2 aromatic rings. The number of imide groups is 1. The minimum Gasteiger partial charge on any atom is -0.494 e. The molecule has 0 N–H and O–H groups in total. The lowest BCUT2D eigenvalue weighted by Crippen LogP contribution is -2.31. The maximum absolute atomic E-state index is 12.8. The van der Waals surface area contributed by atoms with Gasteiger partial charge in [0.15, 0.2) is 0 Å². The van der Waals surface area contributed by atoms with Crippen LogP contribution in [0.4, 0.5) is 5.69 Å². The van der Waals surface area contributed by atoms with Crippen LogP contribution >= 0.6 is 11.6 Å². The summed E-state index contributed by atoms with van der Waals surface area (Å²) in [6, 6.07) is 14.2. The molecule has 1 heterocycles. The normalized spacial score (nSPS) is 14.5. The van der Waals surface area contributed by atoms with E-state index in [9.17, 15) is 9.59 Å². The van der Waals surface area contributed by atoms with Crippen molar-refractivity contribution in [2.24, 2.45) is 0 Å². The summed E-state index contributed by atoms with van der Waals surface area (Å²) in [5, 5.41) is -0.0642. The van der Waals surface area contributed by atoms with E-state index >= 15 is 0 Å². The molecule has 0 aliphatic carbocycles. The molecule has 0 spiro atoms. The molecule has 3 rings (SSSR count). The molecule has 0 unspecified atom stereocenters. The molecule has 1 aliphatic rings. The van der Waals surface area contributed by atoms with Gasteiger partial charge in [0.2, 0.25) is 0 Å². The van der Waals surface area contributed by atoms with Crippen molar-refractivity contribution in [3.8, 4) is 5.75 Å². The first-order chi connectivity index (χ1) is 11.5. The highest BCUT2D eigenvalue weighted by molar-refractivity contribution is 6.60. The minimum atomic E-state index is -0.522. The van der Waals surface area contributed by atoms with E-state index < -0.39 is 11.8 Å². The molecule has 0 aromatic heterocycles. The number of aryl methyl sites for hydroxylation is 1. The van der Waals surface area contributed by atoms with Crippen LogP contribution in [0.3, 0.4) is 0 Å². The van der Waals surface area contributed by atoms with Crippen molar-refractivity contribution in [2.75, 3.05) is 11.5 Å². The molecule has 122 valence electrons. The van der Waals surface area contributed by atoms with E-state index in [4.69, 9.17) is 16.3 Å². The van der Waals surface area contributed by atoms with Crippen LogP contribution in [0.1, 0.15) is 18.1 Å². The topological polar surface area (TPSA) is 46.6 Å². The first kappa shape index (κ1) is 16.3. The van der Waals surface area contributed by atoms with Crippen molar-refractivity contribution in [3.05, 3.63) is 64.7 Å². The summed E-state index contributed by atoms with van der Waals surface area (Å²) in [5.41, 5.74) is 2.36. The zero-order valence-electron chi connectivity index (χ0n) is 13.4. The third kappa shape index (κ3) is 2.81. The Morgan fingerprint density at radius 3 is 2.42 bits per heavy atom. The van der Waals surface area contributed by atoms with Crippen molar-refractivity contribution in [2.45, 2.75) is 13.8 Å². The van der Waals surface area contributed by atoms with Gasteiger partial charge in [0, 0.05) is 6.07 Å². The number of carbonyl (C=O) groups is 2. The molecule has 0 atom stereocenters. The van der Waals surface area contributed by atoms with Crippen molar-refractivity contribution in [3.63, 3.8) is 0 Å². The molecule has 2 aromatic carbocycles. The van der Waals surface area contributed by atoms with Crippen LogP contribution in [-0.2, 0) is 9.59 Å². The lowest BCUT2D eigenvalue weighted by molar-refractivity contribution is -0.119. The minimum absolute atomic E-state index is 0.0642. The van der Waals surface area contributed by atoms with Crippen LogP contribution in [0.25, 0.3) is 5.57 Å². The number of ether oxygens (including phenoxy) is 1. The highest BCUT2D eigenvalue weighted by Gasteiger charge is 2.39. The van der Waals surface area contributed by atoms with Gasteiger partial charge in [-0.2, -0.15) is 0 Å². The van der Waals surface area contributed by atoms with Gasteiger partial charge in [0.1, 0.15) is 10.8 Å². The lowest BCUT2D eigenvalue weighted by atomic mass is 10.0. The molecule has 0 bridgehead atoms. The number of rotatable bonds is 4. The van der Waals surface area contributed by atoms with Crippen molar-refractivity contribution in [1.29, 1.82) is 0 Å². The van der Waals surface area contributed by atoms with Crippen LogP contribution in [0, 0.1) is 6.92 Å². The SMILES string of the molecule is CCOc1cccc(N2C(=O)C(Cl)=C(c3ccc(C)cc3)C2=O)c1. The summed E-state index contributed by atoms with van der Waals surface area (Å²) in [5.74, 6) is -0.357. The Hall–Kier alpha value is -2.59. The zero-order valence-corrected chi connectivity index (χ0v) is 14.1. The number of halogens is 1. The number of benzene rings is 2. The average molecular weight is 342 g/mol. The maximum Gasteiger partial charge on any atom is 0.277 e. The summed E-state index contributed by atoms with van der Waals surface area (Å²) >= 11 is 6.18. The Morgan fingerprint density at radius 1 is 1.04 bits per heavy atom. The third-order valence-corrected chi connectivity index (χ3v) is 4.11. The van der Waals surface area contributed by atoms with E-state index in [1.807, 2.05) is 26.0 Å². The lowest BCUT2D eigenvalue weighted by Gasteiger charge is -2.16. The summed E-state index contributed by atoms with van der Waals surface area (Å²) in [4.78, 5) is 26.4. The Kier molecular flexibility index (Phi) is 4.40. The van der Waals surface area contributed by atoms with E-state index in [0.29, 0.717) is 23.6 Å². The predicted octanol–water partition coefficient (Wildman–Crippen LogP) is 3.92. The second-order valence-electron chi connectivity index (χ2n) is 5.43. The monoisotopic (exact) mass is 341 g/mol. The maximum atomic E-state index is 12.8. The van der Waals surface area contributed by atoms with Gasteiger partial charge in [0.25, 0.3) is 11.8 Å². The summed E-state index contributed by atoms with van der Waals surface area (Å²) < 4.78 is 5.43. The van der Waals surface area contributed by atoms with Gasteiger partial charge in [-0.1, -0.05) is 47.5 Å². The second kappa shape index (κ2) is 6.49. The molecule has 24 heavy (non-hydrogen) atoms. The second-order valence-corrected chi connectivity index (χ2v) is 5.81. The van der Waals surface area contributed by atoms with E-state index in [1.165, 1.54) is 0 Å². The van der Waals surface area contributed by atoms with Crippen LogP contribution in [0.15, 0.2) is 53.6 Å². The smallest absolute Gasteiger partial charge is 0.277 e. The van der Waals surface area contributed by atoms with E-state index in [1.54, 1.807) is 36.4 Å². The number of anilines is 1. The molecular formula is C19H16ClNO3. The highest BCUT2D eigenvalue weighted by atomic mass is 35.5. The summed E-state index contributed by atoms with van der Waals surface area (Å²) in [6.07, 6.45) is 0. The predicted molar refractivity (Wildman–Crippen MR) is 94.1 cm³/mol. The van der Waals surface area contributed by atoms with Gasteiger partial charge in [0.05, 0.1) is 17.9 Å². The first-order valence-electron chi connectivity index (χ1n) is 7.61. The van der Waals surface area contributed by atoms with Crippen LogP contribution in [0.5, 0.6) is 5.75 Å². The Labute approximate surface area is 145 Å². The number of amides is 2. The molecule has 0 saturated carbocycles. The van der Waals surface area contributed by atoms with Crippen LogP contribution in [0.2, 0.25) is 0 Å². The van der Waals surface area contributed by atoms with Gasteiger partial charge < -0.3 is 4.74 Å². The molecule has 2 amide bonds. The van der Waals surface area contributed by atoms with Gasteiger partial charge in [-0.25, -0.2) is 4.90 Å². The van der Waals surface area contributed by atoms with Crippen LogP contribution < -0.4 is 9.64 Å². The number of nitrogens with zero attached hydrogens (tertiary/aromatic N) is 1.